The zero-order valence-electron chi connectivity index (χ0n) is 17.6. The number of pyridine rings is 1. The fourth-order valence-electron chi connectivity index (χ4n) is 3.93. The molecule has 1 aliphatic rings. The summed E-state index contributed by atoms with van der Waals surface area (Å²) in [6.45, 7) is 0.233. The number of aromatic nitrogens is 3. The number of hydrogen-bond acceptors (Lipinski definition) is 5. The fraction of sp³-hybridized carbons (Fsp3) is 0.304. The van der Waals surface area contributed by atoms with Crippen LogP contribution in [0.4, 0.5) is 19.0 Å². The number of carbonyl (C=O) groups is 1. The average Bonchev–Trinajstić information content (AvgIpc) is 2.76. The Labute approximate surface area is 183 Å². The van der Waals surface area contributed by atoms with Crippen molar-refractivity contribution in [3.63, 3.8) is 0 Å². The van der Waals surface area contributed by atoms with Gasteiger partial charge < -0.3 is 10.2 Å². The van der Waals surface area contributed by atoms with Crippen LogP contribution < -0.4 is 5.32 Å². The van der Waals surface area contributed by atoms with Crippen molar-refractivity contribution >= 4 is 11.7 Å². The molecule has 1 fully saturated rings. The monoisotopic (exact) mass is 441 g/mol. The molecule has 1 amide bonds. The Morgan fingerprint density at radius 1 is 1.12 bits per heavy atom. The highest BCUT2D eigenvalue weighted by Gasteiger charge is 2.48. The van der Waals surface area contributed by atoms with E-state index in [9.17, 15) is 18.0 Å². The van der Waals surface area contributed by atoms with E-state index in [0.29, 0.717) is 11.4 Å². The lowest BCUT2D eigenvalue weighted by Gasteiger charge is -2.44. The molecule has 0 aliphatic heterocycles. The number of amides is 1. The van der Waals surface area contributed by atoms with E-state index in [2.05, 4.69) is 20.5 Å². The lowest BCUT2D eigenvalue weighted by molar-refractivity contribution is 0.0827. The molecular weight excluding hydrogens is 419 g/mol. The van der Waals surface area contributed by atoms with E-state index in [-0.39, 0.29) is 42.2 Å². The van der Waals surface area contributed by atoms with E-state index in [1.165, 1.54) is 41.4 Å². The van der Waals surface area contributed by atoms with Crippen LogP contribution in [0, 0.1) is 11.6 Å². The predicted octanol–water partition coefficient (Wildman–Crippen LogP) is 4.00. The van der Waals surface area contributed by atoms with Crippen molar-refractivity contribution in [2.45, 2.75) is 24.4 Å². The molecule has 0 radical (unpaired) electrons. The summed E-state index contributed by atoms with van der Waals surface area (Å²) >= 11 is 0. The first-order chi connectivity index (χ1) is 15.3. The summed E-state index contributed by atoms with van der Waals surface area (Å²) < 4.78 is 42.3. The van der Waals surface area contributed by atoms with Crippen LogP contribution in [0.3, 0.4) is 0 Å². The van der Waals surface area contributed by atoms with Gasteiger partial charge in [-0.2, -0.15) is 0 Å². The lowest BCUT2D eigenvalue weighted by atomic mass is 9.65. The van der Waals surface area contributed by atoms with Crippen molar-refractivity contribution in [1.29, 1.82) is 0 Å². The van der Waals surface area contributed by atoms with Gasteiger partial charge in [-0.05, 0) is 55.3 Å². The highest BCUT2D eigenvalue weighted by molar-refractivity contribution is 5.95. The summed E-state index contributed by atoms with van der Waals surface area (Å²) in [6.07, 6.45) is 0.811. The van der Waals surface area contributed by atoms with E-state index >= 15 is 0 Å². The summed E-state index contributed by atoms with van der Waals surface area (Å²) in [5, 5.41) is 11.2. The van der Waals surface area contributed by atoms with Crippen molar-refractivity contribution in [2.24, 2.45) is 0 Å². The van der Waals surface area contributed by atoms with Crippen LogP contribution in [0.25, 0.3) is 11.3 Å². The SMILES string of the molecule is CN(C)C(=O)c1ccc(F)c(-c2ccc(NCC3(c4ncccc4F)CC(F)C3)nn2)c1. The van der Waals surface area contributed by atoms with Gasteiger partial charge in [0.15, 0.2) is 0 Å². The van der Waals surface area contributed by atoms with Crippen molar-refractivity contribution in [1.82, 2.24) is 20.1 Å². The topological polar surface area (TPSA) is 71.0 Å². The minimum Gasteiger partial charge on any atom is -0.368 e. The number of hydrogen-bond donors (Lipinski definition) is 1. The second-order valence-electron chi connectivity index (χ2n) is 8.17. The first kappa shape index (κ1) is 21.7. The fourth-order valence-corrected chi connectivity index (χ4v) is 3.93. The van der Waals surface area contributed by atoms with Gasteiger partial charge in [0.05, 0.1) is 11.4 Å². The molecule has 1 aliphatic carbocycles. The lowest BCUT2D eigenvalue weighted by Crippen LogP contribution is -2.49. The molecule has 1 saturated carbocycles. The first-order valence-electron chi connectivity index (χ1n) is 10.1. The van der Waals surface area contributed by atoms with Crippen LogP contribution in [0.5, 0.6) is 0 Å². The Bertz CT molecular complexity index is 1130. The summed E-state index contributed by atoms with van der Waals surface area (Å²) in [4.78, 5) is 17.7. The molecule has 0 bridgehead atoms. The van der Waals surface area contributed by atoms with Gasteiger partial charge in [0.25, 0.3) is 5.91 Å². The van der Waals surface area contributed by atoms with Gasteiger partial charge in [0.2, 0.25) is 0 Å². The molecule has 0 atom stereocenters. The normalized spacial score (nSPS) is 19.8. The van der Waals surface area contributed by atoms with Gasteiger partial charge in [-0.15, -0.1) is 10.2 Å². The second-order valence-corrected chi connectivity index (χ2v) is 8.17. The van der Waals surface area contributed by atoms with Crippen LogP contribution in [0.2, 0.25) is 0 Å². The highest BCUT2D eigenvalue weighted by atomic mass is 19.1. The maximum absolute atomic E-state index is 14.4. The molecule has 166 valence electrons. The number of halogens is 3. The third kappa shape index (κ3) is 4.15. The summed E-state index contributed by atoms with van der Waals surface area (Å²) in [5.41, 5.74) is 0.219. The zero-order valence-corrected chi connectivity index (χ0v) is 17.6. The average molecular weight is 441 g/mol. The third-order valence-electron chi connectivity index (χ3n) is 5.65. The van der Waals surface area contributed by atoms with Crippen LogP contribution in [0.1, 0.15) is 28.9 Å². The van der Waals surface area contributed by atoms with Gasteiger partial charge in [-0.1, -0.05) is 0 Å². The van der Waals surface area contributed by atoms with Crippen molar-refractivity contribution in [2.75, 3.05) is 26.0 Å². The van der Waals surface area contributed by atoms with Crippen LogP contribution in [0.15, 0.2) is 48.7 Å². The molecule has 2 heterocycles. The number of benzene rings is 1. The standard InChI is InChI=1S/C23H22F3N5O/c1-31(2)22(32)14-5-6-17(25)16(10-14)19-7-8-20(30-29-19)28-13-23(11-15(24)12-23)21-18(26)4-3-9-27-21/h3-10,15H,11-13H2,1-2H3,(H,28,30). The number of nitrogens with one attached hydrogen (secondary N) is 1. The quantitative estimate of drug-likeness (QED) is 0.626. The molecule has 9 heteroatoms. The van der Waals surface area contributed by atoms with E-state index in [4.69, 9.17) is 0 Å². The molecule has 32 heavy (non-hydrogen) atoms. The Morgan fingerprint density at radius 3 is 2.53 bits per heavy atom. The van der Waals surface area contributed by atoms with Crippen LogP contribution in [-0.2, 0) is 5.41 Å². The Kier molecular flexibility index (Phi) is 5.82. The van der Waals surface area contributed by atoms with Crippen molar-refractivity contribution in [3.05, 3.63) is 71.6 Å². The highest BCUT2D eigenvalue weighted by Crippen LogP contribution is 2.45. The van der Waals surface area contributed by atoms with E-state index in [1.54, 1.807) is 26.2 Å². The Morgan fingerprint density at radius 2 is 1.91 bits per heavy atom. The van der Waals surface area contributed by atoms with Crippen molar-refractivity contribution in [3.8, 4) is 11.3 Å². The zero-order chi connectivity index (χ0) is 22.9. The van der Waals surface area contributed by atoms with Gasteiger partial charge >= 0.3 is 0 Å². The molecule has 4 rings (SSSR count). The largest absolute Gasteiger partial charge is 0.368 e. The maximum atomic E-state index is 14.4. The number of carbonyl (C=O) groups excluding carboxylic acids is 1. The van der Waals surface area contributed by atoms with E-state index in [0.717, 1.165) is 0 Å². The number of alkyl halides is 1. The minimum atomic E-state index is -1.01. The predicted molar refractivity (Wildman–Crippen MR) is 114 cm³/mol. The molecule has 0 spiro atoms. The van der Waals surface area contributed by atoms with Crippen molar-refractivity contribution < 1.29 is 18.0 Å². The molecule has 0 unspecified atom stereocenters. The van der Waals surface area contributed by atoms with Crippen LogP contribution in [-0.4, -0.2) is 52.8 Å². The summed E-state index contributed by atoms with van der Waals surface area (Å²) in [6, 6.07) is 10.1. The van der Waals surface area contributed by atoms with E-state index < -0.39 is 23.2 Å². The molecule has 3 aromatic rings. The van der Waals surface area contributed by atoms with Gasteiger partial charge in [0.1, 0.15) is 23.6 Å². The molecule has 1 N–H and O–H groups in total. The molecular formula is C23H22F3N5O. The van der Waals surface area contributed by atoms with Gasteiger partial charge in [0, 0.05) is 43.4 Å². The Hall–Kier alpha value is -3.49. The number of rotatable bonds is 6. The minimum absolute atomic E-state index is 0.156. The number of anilines is 1. The maximum Gasteiger partial charge on any atom is 0.253 e. The summed E-state index contributed by atoms with van der Waals surface area (Å²) in [5.74, 6) is -0.863. The molecule has 2 aromatic heterocycles. The van der Waals surface area contributed by atoms with E-state index in [1.807, 2.05) is 0 Å². The molecule has 1 aromatic carbocycles. The summed E-state index contributed by atoms with van der Waals surface area (Å²) in [7, 11) is 3.23. The van der Waals surface area contributed by atoms with Gasteiger partial charge in [-0.25, -0.2) is 13.2 Å². The Balaban J connectivity index is 1.52. The second kappa shape index (κ2) is 8.57. The molecule has 0 saturated heterocycles. The number of nitrogens with zero attached hydrogens (tertiary/aromatic N) is 4. The third-order valence-corrected chi connectivity index (χ3v) is 5.65. The van der Waals surface area contributed by atoms with Crippen LogP contribution >= 0.6 is 0 Å². The smallest absolute Gasteiger partial charge is 0.253 e. The first-order valence-corrected chi connectivity index (χ1v) is 10.1. The van der Waals surface area contributed by atoms with Gasteiger partial charge in [-0.3, -0.25) is 9.78 Å². The molecule has 6 nitrogen and oxygen atoms in total.